The number of sulfone groups is 2. The maximum Gasteiger partial charge on any atom is 0.220 e. The number of nitrogen functional groups attached to an aromatic ring is 1. The van der Waals surface area contributed by atoms with Crippen LogP contribution in [0.3, 0.4) is 0 Å². The fraction of sp³-hybridized carbons (Fsp3) is 0.380. The molecule has 0 spiro atoms. The molecule has 2 aliphatic carbocycles. The molecule has 5 aliphatic rings. The molecule has 3 saturated heterocycles. The Morgan fingerprint density at radius 3 is 1.15 bits per heavy atom. The van der Waals surface area contributed by atoms with Crippen molar-refractivity contribution in [2.75, 3.05) is 66.5 Å². The smallest absolute Gasteiger partial charge is 0.220 e. The summed E-state index contributed by atoms with van der Waals surface area (Å²) in [7, 11) is 0.447. The molecule has 15 heterocycles. The van der Waals surface area contributed by atoms with Gasteiger partial charge in [0.2, 0.25) is 5.91 Å². The van der Waals surface area contributed by atoms with Crippen LogP contribution >= 0.6 is 69.9 Å². The number of nitrogens with two attached hydrogens (primary N) is 2. The molecule has 16 aromatic rings. The Morgan fingerprint density at radius 1 is 0.430 bits per heavy atom. The van der Waals surface area contributed by atoms with E-state index in [0.717, 1.165) is 202 Å². The van der Waals surface area contributed by atoms with E-state index in [2.05, 4.69) is 115 Å². The summed E-state index contributed by atoms with van der Waals surface area (Å²) in [6.45, 7) is 17.8. The van der Waals surface area contributed by atoms with Crippen LogP contribution in [0.15, 0.2) is 141 Å². The summed E-state index contributed by atoms with van der Waals surface area (Å²) < 4.78 is 82.8. The van der Waals surface area contributed by atoms with Crippen molar-refractivity contribution in [1.82, 2.24) is 97.7 Å². The van der Waals surface area contributed by atoms with Gasteiger partial charge >= 0.3 is 0 Å². The molecule has 3 unspecified atom stereocenters. The fourth-order valence-electron chi connectivity index (χ4n) is 17.1. The number of carbonyl (C=O) groups excluding carboxylic acids is 2. The Balaban J connectivity index is 0.000000132. The predicted molar refractivity (Wildman–Crippen MR) is 563 cm³/mol. The molecular formula is C100H115Cl4N25O9S4. The number of pyridine rings is 4. The van der Waals surface area contributed by atoms with Gasteiger partial charge in [-0.05, 0) is 236 Å². The first-order valence-electron chi connectivity index (χ1n) is 46.7. The number of benzene rings is 4. The lowest BCUT2D eigenvalue weighted by atomic mass is 10.1. The predicted octanol–water partition coefficient (Wildman–Crippen LogP) is 21.2. The van der Waals surface area contributed by atoms with Crippen LogP contribution in [0, 0.1) is 67.2 Å². The highest BCUT2D eigenvalue weighted by Gasteiger charge is 2.33. The van der Waals surface area contributed by atoms with Crippen LogP contribution in [0.25, 0.3) is 89.7 Å². The number of nitrogens with zero attached hydrogens (tertiary/aromatic N) is 19. The number of Topliss-reactive ketones (excluding diaryl/α,β-unsaturated/α-hetero) is 1. The number of fused-ring (bicyclic) bond motifs is 4. The van der Waals surface area contributed by atoms with Crippen LogP contribution in [-0.2, 0) is 78.1 Å². The molecule has 0 radical (unpaired) electrons. The van der Waals surface area contributed by atoms with Gasteiger partial charge in [0.15, 0.2) is 42.3 Å². The van der Waals surface area contributed by atoms with Crippen molar-refractivity contribution in [3.63, 3.8) is 0 Å². The van der Waals surface area contributed by atoms with Crippen molar-refractivity contribution in [1.29, 1.82) is 0 Å². The molecule has 746 valence electrons. The van der Waals surface area contributed by atoms with Crippen LogP contribution in [0.1, 0.15) is 154 Å². The van der Waals surface area contributed by atoms with Crippen molar-refractivity contribution in [3.8, 4) is 45.0 Å². The van der Waals surface area contributed by atoms with E-state index in [4.69, 9.17) is 92.0 Å². The third-order valence-electron chi connectivity index (χ3n) is 25.3. The first kappa shape index (κ1) is 103. The summed E-state index contributed by atoms with van der Waals surface area (Å²) in [4.78, 5) is 64.8. The number of aromatic amines is 1. The van der Waals surface area contributed by atoms with Crippen molar-refractivity contribution < 1.29 is 40.6 Å². The van der Waals surface area contributed by atoms with E-state index in [1.165, 1.54) is 12.5 Å². The van der Waals surface area contributed by atoms with Crippen LogP contribution in [-0.4, -0.2) is 171 Å². The molecule has 5 fully saturated rings. The number of halogens is 4. The molecule has 3 aliphatic heterocycles. The second-order valence-electron chi connectivity index (χ2n) is 36.1. The third kappa shape index (κ3) is 24.0. The minimum Gasteiger partial charge on any atom is -0.398 e. The number of rotatable bonds is 21. The van der Waals surface area contributed by atoms with Crippen LogP contribution in [0.4, 0.5) is 39.8 Å². The number of carbonyl (C=O) groups is 2. The number of amides is 1. The number of H-pyrrole nitrogens is 1. The van der Waals surface area contributed by atoms with Gasteiger partial charge in [-0.2, -0.15) is 20.4 Å². The first-order valence-corrected chi connectivity index (χ1v) is 54.5. The topological polar surface area (TPSA) is 423 Å². The molecule has 3 atom stereocenters. The number of nitrogens with one attached hydrogen (secondary N) is 4. The van der Waals surface area contributed by atoms with Crippen molar-refractivity contribution in [3.05, 3.63) is 194 Å². The second kappa shape index (κ2) is 43.8. The lowest BCUT2D eigenvalue weighted by molar-refractivity contribution is -0.120. The molecular weight excluding hydrogens is 1970 g/mol. The number of hydrogen-bond acceptors (Lipinski definition) is 27. The highest BCUT2D eigenvalue weighted by molar-refractivity contribution is 7.99. The number of imidazole rings is 4. The number of aryl methyl sites for hydroxylation is 12. The average Bonchev–Trinajstić information content (AvgIpc) is 1.60. The van der Waals surface area contributed by atoms with Crippen molar-refractivity contribution in [2.45, 2.75) is 184 Å². The van der Waals surface area contributed by atoms with E-state index in [-0.39, 0.29) is 63.6 Å². The summed E-state index contributed by atoms with van der Waals surface area (Å²) in [6, 6.07) is 37.8. The Hall–Kier alpha value is -11.8. The zero-order valence-corrected chi connectivity index (χ0v) is 88.2. The summed E-state index contributed by atoms with van der Waals surface area (Å²) in [5.41, 5.74) is 32.5. The molecule has 142 heavy (non-hydrogen) atoms. The number of aromatic nitrogens is 20. The van der Waals surface area contributed by atoms with Gasteiger partial charge in [0.1, 0.15) is 85.3 Å². The van der Waals surface area contributed by atoms with Crippen LogP contribution in [0.5, 0.6) is 0 Å². The van der Waals surface area contributed by atoms with Crippen molar-refractivity contribution >= 4 is 186 Å². The lowest BCUT2D eigenvalue weighted by Crippen LogP contribution is -2.19. The number of ketones is 1. The molecule has 0 bridgehead atoms. The molecule has 2 saturated carbocycles. The molecule has 34 nitrogen and oxygen atoms in total. The minimum atomic E-state index is -3.61. The van der Waals surface area contributed by atoms with Gasteiger partial charge in [0.05, 0.1) is 77.4 Å². The zero-order chi connectivity index (χ0) is 101. The maximum atomic E-state index is 13.0. The maximum absolute atomic E-state index is 13.0. The summed E-state index contributed by atoms with van der Waals surface area (Å²) in [6.07, 6.45) is 19.3. The normalized spacial score (nSPS) is 16.0. The van der Waals surface area contributed by atoms with E-state index in [0.29, 0.717) is 107 Å². The second-order valence-corrected chi connectivity index (χ2v) is 43.4. The number of thioether (sulfide) groups is 2. The quantitative estimate of drug-likeness (QED) is 0.0221. The zero-order valence-electron chi connectivity index (χ0n) is 81.9. The minimum absolute atomic E-state index is 0.0505. The molecule has 1 amide bonds. The fourth-order valence-corrected chi connectivity index (χ4v) is 20.8. The number of primary amides is 1. The largest absolute Gasteiger partial charge is 0.398 e. The molecule has 4 aromatic carbocycles. The average molecular weight is 2080 g/mol. The Bertz CT molecular complexity index is 7610. The van der Waals surface area contributed by atoms with Gasteiger partial charge < -0.3 is 46.6 Å². The third-order valence-corrected chi connectivity index (χ3v) is 30.0. The van der Waals surface area contributed by atoms with Crippen molar-refractivity contribution in [2.24, 2.45) is 45.8 Å². The molecule has 42 heteroatoms. The van der Waals surface area contributed by atoms with Gasteiger partial charge in [-0.25, -0.2) is 56.7 Å². The van der Waals surface area contributed by atoms with Gasteiger partial charge in [-0.1, -0.05) is 70.7 Å². The number of anilines is 7. The molecule has 8 N–H and O–H groups in total. The first-order chi connectivity index (χ1) is 67.7. The lowest BCUT2D eigenvalue weighted by Gasteiger charge is -2.25. The highest BCUT2D eigenvalue weighted by atomic mass is 35.5. The molecule has 21 rings (SSSR count). The number of hydrogen-bond donors (Lipinski definition) is 6. The van der Waals surface area contributed by atoms with E-state index >= 15 is 0 Å². The van der Waals surface area contributed by atoms with E-state index < -0.39 is 19.7 Å². The van der Waals surface area contributed by atoms with E-state index in [1.54, 1.807) is 69.3 Å². The van der Waals surface area contributed by atoms with Gasteiger partial charge in [-0.15, -0.1) is 23.5 Å². The monoisotopic (exact) mass is 2080 g/mol. The molecule has 12 aromatic heterocycles. The summed E-state index contributed by atoms with van der Waals surface area (Å²) in [5, 5.41) is 29.8. The standard InChI is InChI=1S/C29H34N6O4S.C24H27ClN6O3S.C24H27ClN6OS.C12H15N3S.C7H5Cl2N3.C4H7NO/c1-17-13-23(33-34(17)3)20-10-11-22(26(14-20)40(4,37)38)32-24-15-21(16-25(36)19-8-9-19)31-29-28(24)30-18(2)35(29)27-7-5-6-12-39-27;1-14-11-18(29-30(14)3)16-8-9-17(20(12-16)35(4,32)33)27-19-13-21(25)28-24-23(19)26-15(2)31(24)22-7-5-6-10-34-22;1-14-11-18(29-30(14)3)16-8-9-17(20(12-16)33-4)27-19-13-21(25)28-24-23(19)26-15(2)31(24)22-7-5-6-10-32-22;1-8-6-11(14-15(8)2)9-4-5-10(13)12(7-9)16-3;1-3-10-6-4(8)2-5(9)12-7(6)11-3;5-4(6)3-1-2-3/h10-11,13-15,19,27H,5-9,12,16H2,1-4H3,(H,31,32);8-9,11-13,22H,5-7,10H2,1-4H3,(H,27,28);8-9,11-13,22H,5-7,10H2,1-4H3,(H,27,28);4-7H,13H2,1-3H3;2H,1H3,(H,10,11,12);3H,1-2H2,(H2,5,6). The Labute approximate surface area is 852 Å². The number of ether oxygens (including phenoxy) is 3. The van der Waals surface area contributed by atoms with Crippen LogP contribution < -0.4 is 27.4 Å². The van der Waals surface area contributed by atoms with E-state index in [1.807, 2.05) is 150 Å². The Morgan fingerprint density at radius 2 is 0.796 bits per heavy atom. The van der Waals surface area contributed by atoms with Gasteiger partial charge in [0, 0.05) is 151 Å². The Kier molecular flexibility index (Phi) is 31.8. The van der Waals surface area contributed by atoms with Gasteiger partial charge in [0.25, 0.3) is 0 Å². The summed E-state index contributed by atoms with van der Waals surface area (Å²) >= 11 is 27.8. The van der Waals surface area contributed by atoms with Crippen LogP contribution in [0.2, 0.25) is 20.5 Å². The highest BCUT2D eigenvalue weighted by Crippen LogP contribution is 2.43. The summed E-state index contributed by atoms with van der Waals surface area (Å²) in [5.74, 6) is 3.58. The SMILES string of the molecule is CSc1cc(-c2cc(C)n(C)n2)ccc1N.CSc1cc(-c2cc(C)n(C)n2)ccc1Nc1cc(Cl)nc2c1nc(C)n2C1CCCCO1.Cc1cc(-c2ccc(Nc3cc(CC(=O)C4CC4)nc4c3nc(C)n4C3CCCCO3)c(S(C)(=O)=O)c2)nn1C.Cc1cc(-c2ccc(Nc3cc(Cl)nc4c3nc(C)n4C3CCCCO3)c(S(C)(=O)=O)c2)nn1C.Cc1nc2nc(Cl)cc(Cl)c2[nH]1.NC(=O)C1CC1. The van der Waals surface area contributed by atoms with E-state index in [9.17, 15) is 26.4 Å². The van der Waals surface area contributed by atoms with Gasteiger partial charge in [-0.3, -0.25) is 42.0 Å².